The normalized spacial score (nSPS) is 15.0. The summed E-state index contributed by atoms with van der Waals surface area (Å²) < 4.78 is 19.1. The molecule has 1 aromatic carbocycles. The van der Waals surface area contributed by atoms with Gasteiger partial charge in [-0.1, -0.05) is 26.0 Å². The van der Waals surface area contributed by atoms with Crippen molar-refractivity contribution in [3.63, 3.8) is 0 Å². The third-order valence-electron chi connectivity index (χ3n) is 3.12. The molecular formula is C14H22FNO. The molecule has 0 aliphatic carbocycles. The third kappa shape index (κ3) is 3.27. The molecule has 2 unspecified atom stereocenters. The SMILES string of the molecule is CNC(c1ccc(C)c(F)c1)C(OC)C(C)C. The summed E-state index contributed by atoms with van der Waals surface area (Å²) >= 11 is 0. The number of nitrogens with one attached hydrogen (secondary N) is 1. The minimum atomic E-state index is -0.165. The van der Waals surface area contributed by atoms with E-state index in [1.54, 1.807) is 20.1 Å². The summed E-state index contributed by atoms with van der Waals surface area (Å²) in [6.07, 6.45) is 0.0297. The van der Waals surface area contributed by atoms with E-state index in [0.29, 0.717) is 11.5 Å². The number of ether oxygens (including phenoxy) is 1. The monoisotopic (exact) mass is 239 g/mol. The zero-order valence-electron chi connectivity index (χ0n) is 11.3. The van der Waals surface area contributed by atoms with Crippen molar-refractivity contribution in [2.75, 3.05) is 14.2 Å². The number of benzene rings is 1. The third-order valence-corrected chi connectivity index (χ3v) is 3.12. The first-order chi connectivity index (χ1) is 8.01. The fourth-order valence-corrected chi connectivity index (χ4v) is 2.12. The summed E-state index contributed by atoms with van der Waals surface area (Å²) in [5.74, 6) is 0.197. The van der Waals surface area contributed by atoms with Crippen LogP contribution >= 0.6 is 0 Å². The predicted octanol–water partition coefficient (Wildman–Crippen LogP) is 3.07. The van der Waals surface area contributed by atoms with Crippen LogP contribution in [0, 0.1) is 18.7 Å². The highest BCUT2D eigenvalue weighted by Gasteiger charge is 2.24. The molecule has 1 aromatic rings. The lowest BCUT2D eigenvalue weighted by Gasteiger charge is -2.29. The van der Waals surface area contributed by atoms with Crippen molar-refractivity contribution < 1.29 is 9.13 Å². The van der Waals surface area contributed by atoms with Gasteiger partial charge in [0, 0.05) is 7.11 Å². The molecule has 0 saturated heterocycles. The maximum absolute atomic E-state index is 13.6. The molecule has 2 nitrogen and oxygen atoms in total. The summed E-state index contributed by atoms with van der Waals surface area (Å²) in [6, 6.07) is 5.36. The fraction of sp³-hybridized carbons (Fsp3) is 0.571. The lowest BCUT2D eigenvalue weighted by Crippen LogP contribution is -2.34. The van der Waals surface area contributed by atoms with E-state index in [1.807, 2.05) is 19.2 Å². The van der Waals surface area contributed by atoms with Gasteiger partial charge >= 0.3 is 0 Å². The smallest absolute Gasteiger partial charge is 0.126 e. The highest BCUT2D eigenvalue weighted by Crippen LogP contribution is 2.25. The molecular weight excluding hydrogens is 217 g/mol. The van der Waals surface area contributed by atoms with Gasteiger partial charge in [0.2, 0.25) is 0 Å². The Morgan fingerprint density at radius 3 is 2.35 bits per heavy atom. The lowest BCUT2D eigenvalue weighted by molar-refractivity contribution is 0.0347. The quantitative estimate of drug-likeness (QED) is 0.852. The average molecular weight is 239 g/mol. The average Bonchev–Trinajstić information content (AvgIpc) is 2.29. The maximum atomic E-state index is 13.6. The van der Waals surface area contributed by atoms with Crippen LogP contribution in [0.25, 0.3) is 0 Å². The number of aryl methyl sites for hydroxylation is 1. The molecule has 0 spiro atoms. The van der Waals surface area contributed by atoms with E-state index in [1.165, 1.54) is 0 Å². The lowest BCUT2D eigenvalue weighted by atomic mass is 9.93. The molecule has 3 heteroatoms. The first kappa shape index (κ1) is 14.1. The molecule has 0 amide bonds. The Hall–Kier alpha value is -0.930. The summed E-state index contributed by atoms with van der Waals surface area (Å²) in [4.78, 5) is 0. The topological polar surface area (TPSA) is 21.3 Å². The van der Waals surface area contributed by atoms with Gasteiger partial charge in [0.1, 0.15) is 5.82 Å². The van der Waals surface area contributed by atoms with Crippen molar-refractivity contribution in [3.05, 3.63) is 35.1 Å². The van der Waals surface area contributed by atoms with Crippen molar-refractivity contribution in [1.29, 1.82) is 0 Å². The second-order valence-corrected chi connectivity index (χ2v) is 4.72. The van der Waals surface area contributed by atoms with Crippen LogP contribution in [0.4, 0.5) is 4.39 Å². The Morgan fingerprint density at radius 1 is 1.29 bits per heavy atom. The summed E-state index contributed by atoms with van der Waals surface area (Å²) in [5.41, 5.74) is 1.60. The molecule has 0 saturated carbocycles. The zero-order chi connectivity index (χ0) is 13.0. The zero-order valence-corrected chi connectivity index (χ0v) is 11.3. The fourth-order valence-electron chi connectivity index (χ4n) is 2.12. The molecule has 1 rings (SSSR count). The van der Waals surface area contributed by atoms with E-state index in [4.69, 9.17) is 4.74 Å². The Balaban J connectivity index is 3.03. The van der Waals surface area contributed by atoms with Crippen LogP contribution in [0.1, 0.15) is 31.0 Å². The van der Waals surface area contributed by atoms with Crippen LogP contribution in [-0.2, 0) is 4.74 Å². The van der Waals surface area contributed by atoms with Gasteiger partial charge in [0.15, 0.2) is 0 Å². The highest BCUT2D eigenvalue weighted by molar-refractivity contribution is 5.26. The van der Waals surface area contributed by atoms with Crippen LogP contribution in [0.15, 0.2) is 18.2 Å². The van der Waals surface area contributed by atoms with Crippen LogP contribution in [0.5, 0.6) is 0 Å². The maximum Gasteiger partial charge on any atom is 0.126 e. The minimum Gasteiger partial charge on any atom is -0.379 e. The van der Waals surface area contributed by atoms with Crippen molar-refractivity contribution in [3.8, 4) is 0 Å². The van der Waals surface area contributed by atoms with Crippen LogP contribution in [0.3, 0.4) is 0 Å². The molecule has 0 bridgehead atoms. The molecule has 0 heterocycles. The largest absolute Gasteiger partial charge is 0.379 e. The van der Waals surface area contributed by atoms with Gasteiger partial charge in [-0.3, -0.25) is 0 Å². The van der Waals surface area contributed by atoms with Crippen molar-refractivity contribution >= 4 is 0 Å². The van der Waals surface area contributed by atoms with Gasteiger partial charge < -0.3 is 10.1 Å². The highest BCUT2D eigenvalue weighted by atomic mass is 19.1. The van der Waals surface area contributed by atoms with E-state index in [-0.39, 0.29) is 18.0 Å². The molecule has 0 fully saturated rings. The molecule has 96 valence electrons. The van der Waals surface area contributed by atoms with Gasteiger partial charge in [-0.25, -0.2) is 4.39 Å². The first-order valence-electron chi connectivity index (χ1n) is 5.97. The number of likely N-dealkylation sites (N-methyl/N-ethyl adjacent to an activating group) is 1. The number of rotatable bonds is 5. The second-order valence-electron chi connectivity index (χ2n) is 4.72. The molecule has 0 radical (unpaired) electrons. The van der Waals surface area contributed by atoms with E-state index < -0.39 is 0 Å². The molecule has 0 aliphatic heterocycles. The number of halogens is 1. The van der Waals surface area contributed by atoms with E-state index in [2.05, 4.69) is 19.2 Å². The standard InChI is InChI=1S/C14H22FNO/c1-9(2)14(17-5)13(16-4)11-7-6-10(3)12(15)8-11/h6-9,13-14,16H,1-5H3. The van der Waals surface area contributed by atoms with E-state index >= 15 is 0 Å². The first-order valence-corrected chi connectivity index (χ1v) is 5.97. The summed E-state index contributed by atoms with van der Waals surface area (Å²) in [7, 11) is 3.57. The molecule has 2 atom stereocenters. The van der Waals surface area contributed by atoms with Gasteiger partial charge in [-0.15, -0.1) is 0 Å². The Bertz CT molecular complexity index is 365. The van der Waals surface area contributed by atoms with E-state index in [9.17, 15) is 4.39 Å². The number of methoxy groups -OCH3 is 1. The van der Waals surface area contributed by atoms with Gasteiger partial charge in [0.05, 0.1) is 12.1 Å². The summed E-state index contributed by atoms with van der Waals surface area (Å²) in [5, 5.41) is 3.21. The second kappa shape index (κ2) is 6.12. The van der Waals surface area contributed by atoms with Crippen LogP contribution in [0.2, 0.25) is 0 Å². The van der Waals surface area contributed by atoms with Gasteiger partial charge in [-0.2, -0.15) is 0 Å². The Kier molecular flexibility index (Phi) is 5.09. The number of hydrogen-bond donors (Lipinski definition) is 1. The van der Waals surface area contributed by atoms with Crippen molar-refractivity contribution in [1.82, 2.24) is 5.32 Å². The molecule has 0 aromatic heterocycles. The Labute approximate surface area is 103 Å². The molecule has 1 N–H and O–H groups in total. The van der Waals surface area contributed by atoms with E-state index in [0.717, 1.165) is 5.56 Å². The predicted molar refractivity (Wildman–Crippen MR) is 68.6 cm³/mol. The van der Waals surface area contributed by atoms with Crippen molar-refractivity contribution in [2.45, 2.75) is 32.9 Å². The Morgan fingerprint density at radius 2 is 1.94 bits per heavy atom. The minimum absolute atomic E-state index is 0.00935. The van der Waals surface area contributed by atoms with Crippen LogP contribution < -0.4 is 5.32 Å². The number of hydrogen-bond acceptors (Lipinski definition) is 2. The van der Waals surface area contributed by atoms with Crippen LogP contribution in [-0.4, -0.2) is 20.3 Å². The van der Waals surface area contributed by atoms with Crippen molar-refractivity contribution in [2.24, 2.45) is 5.92 Å². The molecule has 0 aliphatic rings. The van der Waals surface area contributed by atoms with Gasteiger partial charge in [0.25, 0.3) is 0 Å². The molecule has 17 heavy (non-hydrogen) atoms. The van der Waals surface area contributed by atoms with Gasteiger partial charge in [-0.05, 0) is 37.1 Å². The summed E-state index contributed by atoms with van der Waals surface area (Å²) in [6.45, 7) is 5.97.